The molecule has 6 heteroatoms. The quantitative estimate of drug-likeness (QED) is 0.382. The third kappa shape index (κ3) is 1.59. The van der Waals surface area contributed by atoms with Gasteiger partial charge in [-0.2, -0.15) is 4.39 Å². The average molecular weight is 184 g/mol. The van der Waals surface area contributed by atoms with Crippen LogP contribution in [0, 0.1) is 28.3 Å². The number of nitro groups is 1. The van der Waals surface area contributed by atoms with Crippen LogP contribution < -0.4 is 0 Å². The Kier molecular flexibility index (Phi) is 2.19. The van der Waals surface area contributed by atoms with E-state index in [2.05, 4.69) is 4.85 Å². The van der Waals surface area contributed by atoms with Crippen molar-refractivity contribution in [2.24, 2.45) is 0 Å². The van der Waals surface area contributed by atoms with Crippen molar-refractivity contribution in [3.8, 4) is 0 Å². The van der Waals surface area contributed by atoms with Crippen molar-refractivity contribution >= 4 is 11.4 Å². The lowest BCUT2D eigenvalue weighted by atomic mass is 10.2. The summed E-state index contributed by atoms with van der Waals surface area (Å²) in [5.41, 5.74) is -1.46. The third-order valence-corrected chi connectivity index (χ3v) is 1.33. The molecule has 4 nitrogen and oxygen atoms in total. The highest BCUT2D eigenvalue weighted by molar-refractivity contribution is 5.53. The summed E-state index contributed by atoms with van der Waals surface area (Å²) in [6.07, 6.45) is 0. The van der Waals surface area contributed by atoms with Crippen LogP contribution in [0.15, 0.2) is 12.1 Å². The molecule has 0 aliphatic carbocycles. The lowest BCUT2D eigenvalue weighted by molar-refractivity contribution is -0.387. The summed E-state index contributed by atoms with van der Waals surface area (Å²) in [4.78, 5) is 11.8. The summed E-state index contributed by atoms with van der Waals surface area (Å²) in [7, 11) is 0. The van der Waals surface area contributed by atoms with Crippen LogP contribution in [0.2, 0.25) is 0 Å². The first kappa shape index (κ1) is 9.06. The van der Waals surface area contributed by atoms with Crippen molar-refractivity contribution in [2.75, 3.05) is 0 Å². The standard InChI is InChI=1S/C7H2F2N2O2/c1-10-6-3-7(11(12)13)5(9)2-4(6)8/h2-3H. The molecule has 0 aromatic heterocycles. The minimum Gasteiger partial charge on any atom is -0.258 e. The minimum atomic E-state index is -1.28. The molecule has 0 N–H and O–H groups in total. The van der Waals surface area contributed by atoms with E-state index in [9.17, 15) is 18.9 Å². The summed E-state index contributed by atoms with van der Waals surface area (Å²) in [6, 6.07) is 0.892. The maximum atomic E-state index is 12.6. The number of hydrogen-bond donors (Lipinski definition) is 0. The van der Waals surface area contributed by atoms with Crippen molar-refractivity contribution in [1.29, 1.82) is 0 Å². The van der Waals surface area contributed by atoms with Crippen LogP contribution in [0.4, 0.5) is 20.2 Å². The summed E-state index contributed by atoms with van der Waals surface area (Å²) in [5.74, 6) is -2.38. The van der Waals surface area contributed by atoms with Crippen molar-refractivity contribution in [3.05, 3.63) is 45.3 Å². The summed E-state index contributed by atoms with van der Waals surface area (Å²) >= 11 is 0. The molecule has 0 atom stereocenters. The molecule has 13 heavy (non-hydrogen) atoms. The van der Waals surface area contributed by atoms with Gasteiger partial charge in [-0.15, -0.1) is 0 Å². The van der Waals surface area contributed by atoms with Crippen LogP contribution in [-0.2, 0) is 0 Å². The van der Waals surface area contributed by atoms with E-state index in [4.69, 9.17) is 6.57 Å². The van der Waals surface area contributed by atoms with Crippen LogP contribution >= 0.6 is 0 Å². The molecular formula is C7H2F2N2O2. The monoisotopic (exact) mass is 184 g/mol. The Bertz CT molecular complexity index is 412. The van der Waals surface area contributed by atoms with Gasteiger partial charge in [-0.3, -0.25) is 10.1 Å². The van der Waals surface area contributed by atoms with Gasteiger partial charge in [0.05, 0.1) is 11.5 Å². The zero-order valence-electron chi connectivity index (χ0n) is 6.12. The fourth-order valence-electron chi connectivity index (χ4n) is 0.752. The Hall–Kier alpha value is -2.03. The highest BCUT2D eigenvalue weighted by atomic mass is 19.1. The first-order valence-electron chi connectivity index (χ1n) is 3.07. The van der Waals surface area contributed by atoms with E-state index in [0.717, 1.165) is 0 Å². The SMILES string of the molecule is [C-]#[N+]c1cc([N+](=O)[O-])c(F)cc1F. The van der Waals surface area contributed by atoms with E-state index in [1.165, 1.54) is 0 Å². The molecule has 1 aromatic carbocycles. The van der Waals surface area contributed by atoms with E-state index < -0.39 is 27.9 Å². The van der Waals surface area contributed by atoms with E-state index in [1.54, 1.807) is 0 Å². The van der Waals surface area contributed by atoms with Crippen LogP contribution in [-0.4, -0.2) is 4.92 Å². The molecule has 0 aliphatic heterocycles. The van der Waals surface area contributed by atoms with Gasteiger partial charge in [0.25, 0.3) is 5.69 Å². The molecule has 1 rings (SSSR count). The number of nitro benzene ring substituents is 1. The zero-order valence-corrected chi connectivity index (χ0v) is 6.12. The largest absolute Gasteiger partial charge is 0.294 e. The normalized spacial score (nSPS) is 9.31. The summed E-state index contributed by atoms with van der Waals surface area (Å²) in [5, 5.41) is 10.1. The summed E-state index contributed by atoms with van der Waals surface area (Å²) in [6.45, 7) is 6.43. The maximum absolute atomic E-state index is 12.6. The molecule has 0 saturated carbocycles. The number of rotatable bonds is 1. The first-order valence-corrected chi connectivity index (χ1v) is 3.07. The van der Waals surface area contributed by atoms with Gasteiger partial charge < -0.3 is 0 Å². The second-order valence-corrected chi connectivity index (χ2v) is 2.12. The maximum Gasteiger partial charge on any atom is 0.294 e. The Morgan fingerprint density at radius 2 is 2.00 bits per heavy atom. The zero-order chi connectivity index (χ0) is 10.0. The Morgan fingerprint density at radius 3 is 2.46 bits per heavy atom. The minimum absolute atomic E-state index is 0.325. The molecule has 0 amide bonds. The van der Waals surface area contributed by atoms with Gasteiger partial charge in [-0.1, -0.05) is 0 Å². The van der Waals surface area contributed by atoms with Gasteiger partial charge in [-0.25, -0.2) is 9.24 Å². The molecule has 1 aromatic rings. The summed E-state index contributed by atoms with van der Waals surface area (Å²) < 4.78 is 25.3. The second-order valence-electron chi connectivity index (χ2n) is 2.12. The highest BCUT2D eigenvalue weighted by Crippen LogP contribution is 2.26. The number of halogens is 2. The Balaban J connectivity index is 3.41. The lowest BCUT2D eigenvalue weighted by Crippen LogP contribution is -1.93. The van der Waals surface area contributed by atoms with E-state index in [0.29, 0.717) is 12.1 Å². The van der Waals surface area contributed by atoms with Crippen molar-refractivity contribution in [2.45, 2.75) is 0 Å². The van der Waals surface area contributed by atoms with E-state index in [-0.39, 0.29) is 0 Å². The Labute approximate surface area is 71.4 Å². The fraction of sp³-hybridized carbons (Fsp3) is 0. The molecule has 0 unspecified atom stereocenters. The molecule has 0 bridgehead atoms. The van der Waals surface area contributed by atoms with Crippen LogP contribution in [0.5, 0.6) is 0 Å². The lowest BCUT2D eigenvalue weighted by Gasteiger charge is -1.95. The van der Waals surface area contributed by atoms with Gasteiger partial charge in [0, 0.05) is 12.1 Å². The molecule has 0 radical (unpaired) electrons. The van der Waals surface area contributed by atoms with Gasteiger partial charge >= 0.3 is 0 Å². The molecule has 66 valence electrons. The van der Waals surface area contributed by atoms with Crippen LogP contribution in [0.25, 0.3) is 4.85 Å². The third-order valence-electron chi connectivity index (χ3n) is 1.33. The molecule has 0 fully saturated rings. The second kappa shape index (κ2) is 3.15. The highest BCUT2D eigenvalue weighted by Gasteiger charge is 2.17. The molecule has 0 spiro atoms. The number of hydrogen-bond acceptors (Lipinski definition) is 2. The van der Waals surface area contributed by atoms with Crippen molar-refractivity contribution < 1.29 is 13.7 Å². The van der Waals surface area contributed by atoms with E-state index >= 15 is 0 Å². The number of nitrogens with zero attached hydrogens (tertiary/aromatic N) is 2. The van der Waals surface area contributed by atoms with Crippen molar-refractivity contribution in [1.82, 2.24) is 0 Å². The first-order chi connectivity index (χ1) is 6.06. The predicted molar refractivity (Wildman–Crippen MR) is 39.3 cm³/mol. The molecule has 0 heterocycles. The van der Waals surface area contributed by atoms with Gasteiger partial charge in [0.2, 0.25) is 11.5 Å². The van der Waals surface area contributed by atoms with E-state index in [1.807, 2.05) is 0 Å². The fourth-order valence-corrected chi connectivity index (χ4v) is 0.752. The van der Waals surface area contributed by atoms with Gasteiger partial charge in [-0.05, 0) is 0 Å². The van der Waals surface area contributed by atoms with Crippen LogP contribution in [0.1, 0.15) is 0 Å². The predicted octanol–water partition coefficient (Wildman–Crippen LogP) is 2.42. The van der Waals surface area contributed by atoms with Gasteiger partial charge in [0.1, 0.15) is 5.82 Å². The number of benzene rings is 1. The van der Waals surface area contributed by atoms with Gasteiger partial charge in [0.15, 0.2) is 0 Å². The average Bonchev–Trinajstić information content (AvgIpc) is 2.03. The molecule has 0 aliphatic rings. The van der Waals surface area contributed by atoms with Crippen LogP contribution in [0.3, 0.4) is 0 Å². The Morgan fingerprint density at radius 1 is 1.38 bits per heavy atom. The smallest absolute Gasteiger partial charge is 0.258 e. The van der Waals surface area contributed by atoms with Crippen molar-refractivity contribution in [3.63, 3.8) is 0 Å². The molecule has 0 saturated heterocycles. The molecular weight excluding hydrogens is 182 g/mol. The topological polar surface area (TPSA) is 47.5 Å².